The van der Waals surface area contributed by atoms with Crippen LogP contribution in [-0.4, -0.2) is 0 Å². The van der Waals surface area contributed by atoms with Gasteiger partial charge < -0.3 is 0 Å². The van der Waals surface area contributed by atoms with Crippen molar-refractivity contribution in [2.45, 2.75) is 26.2 Å². The van der Waals surface area contributed by atoms with Gasteiger partial charge in [-0.1, -0.05) is 55.0 Å². The third-order valence-corrected chi connectivity index (χ3v) is 2.72. The Labute approximate surface area is 86.0 Å². The largest absolute Gasteiger partial charge is 0.0769 e. The van der Waals surface area contributed by atoms with Crippen LogP contribution in [0.4, 0.5) is 0 Å². The molecule has 1 aliphatic carbocycles. The second-order valence-electron chi connectivity index (χ2n) is 3.80. The number of benzene rings is 1. The van der Waals surface area contributed by atoms with Crippen molar-refractivity contribution in [1.82, 2.24) is 0 Å². The Kier molecular flexibility index (Phi) is 2.83. The minimum atomic E-state index is 1.09. The van der Waals surface area contributed by atoms with Gasteiger partial charge in [-0.15, -0.1) is 0 Å². The van der Waals surface area contributed by atoms with Gasteiger partial charge in [0.05, 0.1) is 0 Å². The molecule has 0 amide bonds. The van der Waals surface area contributed by atoms with Gasteiger partial charge in [-0.05, 0) is 30.4 Å². The maximum Gasteiger partial charge on any atom is -0.00288 e. The molecule has 0 nitrogen and oxygen atoms in total. The first kappa shape index (κ1) is 9.26. The van der Waals surface area contributed by atoms with Crippen molar-refractivity contribution in [3.05, 3.63) is 59.2 Å². The van der Waals surface area contributed by atoms with Crippen LogP contribution in [-0.2, 0) is 6.42 Å². The third kappa shape index (κ3) is 2.14. The first-order valence-corrected chi connectivity index (χ1v) is 5.31. The smallest absolute Gasteiger partial charge is 0.00288 e. The van der Waals surface area contributed by atoms with Crippen LogP contribution in [0.25, 0.3) is 0 Å². The van der Waals surface area contributed by atoms with Crippen LogP contribution in [0.1, 0.15) is 25.3 Å². The molecule has 0 bridgehead atoms. The summed E-state index contributed by atoms with van der Waals surface area (Å²) in [7, 11) is 0. The lowest BCUT2D eigenvalue weighted by Crippen LogP contribution is -1.84. The van der Waals surface area contributed by atoms with E-state index in [4.69, 9.17) is 0 Å². The highest BCUT2D eigenvalue weighted by Crippen LogP contribution is 2.22. The summed E-state index contributed by atoms with van der Waals surface area (Å²) >= 11 is 0. The highest BCUT2D eigenvalue weighted by molar-refractivity contribution is 5.36. The van der Waals surface area contributed by atoms with E-state index < -0.39 is 0 Å². The minimum Gasteiger partial charge on any atom is -0.0769 e. The van der Waals surface area contributed by atoms with Gasteiger partial charge in [0, 0.05) is 0 Å². The molecule has 0 saturated heterocycles. The number of hydrogen-bond acceptors (Lipinski definition) is 0. The van der Waals surface area contributed by atoms with E-state index in [1.807, 2.05) is 0 Å². The van der Waals surface area contributed by atoms with Gasteiger partial charge in [0.15, 0.2) is 0 Å². The zero-order chi connectivity index (χ0) is 9.80. The van der Waals surface area contributed by atoms with Crippen LogP contribution < -0.4 is 0 Å². The topological polar surface area (TPSA) is 0 Å². The fourth-order valence-electron chi connectivity index (χ4n) is 1.84. The summed E-state index contributed by atoms with van der Waals surface area (Å²) in [5, 5.41) is 0. The Morgan fingerprint density at radius 2 is 1.93 bits per heavy atom. The van der Waals surface area contributed by atoms with Crippen LogP contribution >= 0.6 is 0 Å². The maximum atomic E-state index is 2.35. The quantitative estimate of drug-likeness (QED) is 0.668. The Bertz CT molecular complexity index is 355. The van der Waals surface area contributed by atoms with Crippen molar-refractivity contribution in [2.24, 2.45) is 0 Å². The summed E-state index contributed by atoms with van der Waals surface area (Å²) in [5.41, 5.74) is 4.45. The fourth-order valence-corrected chi connectivity index (χ4v) is 1.84. The highest BCUT2D eigenvalue weighted by Gasteiger charge is 2.04. The molecule has 1 aliphatic rings. The molecule has 0 heteroatoms. The van der Waals surface area contributed by atoms with E-state index in [0.717, 1.165) is 6.42 Å². The van der Waals surface area contributed by atoms with E-state index in [-0.39, 0.29) is 0 Å². The van der Waals surface area contributed by atoms with Crippen LogP contribution in [0.15, 0.2) is 53.6 Å². The van der Waals surface area contributed by atoms with Crippen molar-refractivity contribution in [2.75, 3.05) is 0 Å². The van der Waals surface area contributed by atoms with Gasteiger partial charge in [0.25, 0.3) is 0 Å². The van der Waals surface area contributed by atoms with Gasteiger partial charge >= 0.3 is 0 Å². The van der Waals surface area contributed by atoms with Crippen molar-refractivity contribution < 1.29 is 0 Å². The number of hydrogen-bond donors (Lipinski definition) is 0. The molecule has 72 valence electrons. The van der Waals surface area contributed by atoms with Crippen molar-refractivity contribution in [1.29, 1.82) is 0 Å². The summed E-state index contributed by atoms with van der Waals surface area (Å²) in [6.45, 7) is 2.23. The standard InChI is InChI=1S/C14H16/c1-2-12-8-9-14(10-12)11-13-6-4-3-5-7-13/h3-7,9-10H,2,8,11H2,1H3. The molecule has 0 fully saturated rings. The van der Waals surface area contributed by atoms with Gasteiger partial charge in [0.2, 0.25) is 0 Å². The summed E-state index contributed by atoms with van der Waals surface area (Å²) in [5.74, 6) is 0. The molecule has 0 N–H and O–H groups in total. The second-order valence-corrected chi connectivity index (χ2v) is 3.80. The molecule has 0 aromatic heterocycles. The van der Waals surface area contributed by atoms with Crippen LogP contribution in [0.2, 0.25) is 0 Å². The van der Waals surface area contributed by atoms with Gasteiger partial charge in [-0.3, -0.25) is 0 Å². The van der Waals surface area contributed by atoms with Crippen molar-refractivity contribution >= 4 is 0 Å². The lowest BCUT2D eigenvalue weighted by atomic mass is 10.1. The average molecular weight is 184 g/mol. The molecule has 0 radical (unpaired) electrons. The van der Waals surface area contributed by atoms with E-state index >= 15 is 0 Å². The summed E-state index contributed by atoms with van der Waals surface area (Å²) < 4.78 is 0. The monoisotopic (exact) mass is 184 g/mol. The van der Waals surface area contributed by atoms with Crippen molar-refractivity contribution in [3.8, 4) is 0 Å². The normalized spacial score (nSPS) is 15.2. The third-order valence-electron chi connectivity index (χ3n) is 2.72. The molecule has 0 heterocycles. The van der Waals surface area contributed by atoms with E-state index in [1.54, 1.807) is 5.57 Å². The Balaban J connectivity index is 2.03. The molecule has 2 rings (SSSR count). The summed E-state index contributed by atoms with van der Waals surface area (Å²) in [6.07, 6.45) is 8.15. The van der Waals surface area contributed by atoms with Gasteiger partial charge in [-0.2, -0.15) is 0 Å². The van der Waals surface area contributed by atoms with E-state index in [1.165, 1.54) is 24.0 Å². The van der Waals surface area contributed by atoms with E-state index in [9.17, 15) is 0 Å². The SMILES string of the molecule is CCC1=CC(Cc2ccccc2)=CC1. The molecular weight excluding hydrogens is 168 g/mol. The molecule has 0 aliphatic heterocycles. The molecule has 0 spiro atoms. The highest BCUT2D eigenvalue weighted by atomic mass is 14.1. The number of allylic oxidation sites excluding steroid dienone is 4. The summed E-state index contributed by atoms with van der Waals surface area (Å²) in [6, 6.07) is 10.7. The predicted molar refractivity (Wildman–Crippen MR) is 61.2 cm³/mol. The Hall–Kier alpha value is -1.30. The first-order valence-electron chi connectivity index (χ1n) is 5.31. The molecule has 14 heavy (non-hydrogen) atoms. The van der Waals surface area contributed by atoms with Gasteiger partial charge in [0.1, 0.15) is 0 Å². The lowest BCUT2D eigenvalue weighted by molar-refractivity contribution is 1.05. The zero-order valence-electron chi connectivity index (χ0n) is 8.66. The molecule has 0 atom stereocenters. The fraction of sp³-hybridized carbons (Fsp3) is 0.286. The first-order chi connectivity index (χ1) is 6.88. The molecule has 0 unspecified atom stereocenters. The Morgan fingerprint density at radius 3 is 2.57 bits per heavy atom. The molecule has 1 aromatic carbocycles. The van der Waals surface area contributed by atoms with E-state index in [0.29, 0.717) is 0 Å². The second kappa shape index (κ2) is 4.28. The predicted octanol–water partition coefficient (Wildman–Crippen LogP) is 3.90. The van der Waals surface area contributed by atoms with Crippen LogP contribution in [0.5, 0.6) is 0 Å². The van der Waals surface area contributed by atoms with Crippen LogP contribution in [0, 0.1) is 0 Å². The van der Waals surface area contributed by atoms with Crippen molar-refractivity contribution in [3.63, 3.8) is 0 Å². The summed E-state index contributed by atoms with van der Waals surface area (Å²) in [4.78, 5) is 0. The minimum absolute atomic E-state index is 1.09. The molecule has 1 aromatic rings. The van der Waals surface area contributed by atoms with Crippen LogP contribution in [0.3, 0.4) is 0 Å². The van der Waals surface area contributed by atoms with Gasteiger partial charge in [-0.25, -0.2) is 0 Å². The molecule has 0 saturated carbocycles. The number of rotatable bonds is 3. The lowest BCUT2D eigenvalue weighted by Gasteiger charge is -1.99. The molecular formula is C14H16. The Morgan fingerprint density at radius 1 is 1.14 bits per heavy atom. The average Bonchev–Trinajstić information content (AvgIpc) is 2.67. The zero-order valence-corrected chi connectivity index (χ0v) is 8.66. The van der Waals surface area contributed by atoms with E-state index in [2.05, 4.69) is 49.4 Å². The maximum absolute atomic E-state index is 2.35.